The number of aromatic nitrogens is 2. The third-order valence-corrected chi connectivity index (χ3v) is 3.00. The normalized spacial score (nSPS) is 10.5. The molecule has 0 fully saturated rings. The maximum absolute atomic E-state index is 13.1. The van der Waals surface area contributed by atoms with Gasteiger partial charge in [-0.25, -0.2) is 14.4 Å². The predicted molar refractivity (Wildman–Crippen MR) is 83.5 cm³/mol. The number of carbonyl (C=O) groups excluding carboxylic acids is 1. The monoisotopic (exact) mass is 302 g/mol. The van der Waals surface area contributed by atoms with Gasteiger partial charge in [-0.3, -0.25) is 4.79 Å². The van der Waals surface area contributed by atoms with E-state index in [9.17, 15) is 9.18 Å². The second kappa shape index (κ2) is 7.49. The average molecular weight is 302 g/mol. The lowest BCUT2D eigenvalue weighted by Gasteiger charge is -2.08. The van der Waals surface area contributed by atoms with E-state index in [0.29, 0.717) is 24.0 Å². The second-order valence-corrected chi connectivity index (χ2v) is 5.36. The molecule has 116 valence electrons. The van der Waals surface area contributed by atoms with Crippen molar-refractivity contribution in [2.75, 3.05) is 11.9 Å². The molecule has 22 heavy (non-hydrogen) atoms. The molecule has 2 rings (SSSR count). The molecule has 6 heteroatoms. The number of anilines is 2. The van der Waals surface area contributed by atoms with Gasteiger partial charge in [0.1, 0.15) is 23.7 Å². The van der Waals surface area contributed by atoms with Gasteiger partial charge < -0.3 is 10.6 Å². The van der Waals surface area contributed by atoms with Gasteiger partial charge in [0, 0.05) is 18.3 Å². The molecule has 5 nitrogen and oxygen atoms in total. The van der Waals surface area contributed by atoms with E-state index in [2.05, 4.69) is 34.4 Å². The van der Waals surface area contributed by atoms with Crippen molar-refractivity contribution in [1.82, 2.24) is 15.3 Å². The summed E-state index contributed by atoms with van der Waals surface area (Å²) in [5, 5.41) is 5.76. The van der Waals surface area contributed by atoms with E-state index >= 15 is 0 Å². The first kappa shape index (κ1) is 15.9. The first-order chi connectivity index (χ1) is 10.5. The molecule has 0 spiro atoms. The average Bonchev–Trinajstić information content (AvgIpc) is 2.47. The lowest BCUT2D eigenvalue weighted by Crippen LogP contribution is -2.26. The lowest BCUT2D eigenvalue weighted by molar-refractivity contribution is 0.0947. The number of hydrogen-bond acceptors (Lipinski definition) is 4. The molecule has 1 amide bonds. The maximum Gasteiger partial charge on any atom is 0.270 e. The Morgan fingerprint density at radius 2 is 2.09 bits per heavy atom. The van der Waals surface area contributed by atoms with Gasteiger partial charge in [-0.15, -0.1) is 0 Å². The quantitative estimate of drug-likeness (QED) is 0.860. The number of rotatable bonds is 6. The number of amides is 1. The number of nitrogens with one attached hydrogen (secondary N) is 2. The van der Waals surface area contributed by atoms with Gasteiger partial charge in [0.15, 0.2) is 0 Å². The summed E-state index contributed by atoms with van der Waals surface area (Å²) < 4.78 is 13.1. The van der Waals surface area contributed by atoms with E-state index in [-0.39, 0.29) is 17.4 Å². The number of nitrogens with zero attached hydrogens (tertiary/aromatic N) is 2. The largest absolute Gasteiger partial charge is 0.351 e. The van der Waals surface area contributed by atoms with Crippen LogP contribution in [0.3, 0.4) is 0 Å². The van der Waals surface area contributed by atoms with E-state index in [1.807, 2.05) is 0 Å². The van der Waals surface area contributed by atoms with Crippen LogP contribution in [0.5, 0.6) is 0 Å². The third kappa shape index (κ3) is 4.80. The van der Waals surface area contributed by atoms with Crippen molar-refractivity contribution >= 4 is 17.4 Å². The maximum atomic E-state index is 13.1. The molecule has 0 saturated carbocycles. The van der Waals surface area contributed by atoms with E-state index in [4.69, 9.17) is 0 Å². The van der Waals surface area contributed by atoms with Crippen LogP contribution in [0.15, 0.2) is 36.7 Å². The van der Waals surface area contributed by atoms with Gasteiger partial charge in [-0.2, -0.15) is 0 Å². The fourth-order valence-electron chi connectivity index (χ4n) is 1.83. The molecule has 1 aromatic heterocycles. The summed E-state index contributed by atoms with van der Waals surface area (Å²) in [6, 6.07) is 7.56. The Morgan fingerprint density at radius 1 is 1.27 bits per heavy atom. The Morgan fingerprint density at radius 3 is 2.82 bits per heavy atom. The summed E-state index contributed by atoms with van der Waals surface area (Å²) in [4.78, 5) is 20.0. The fraction of sp³-hybridized carbons (Fsp3) is 0.312. The molecular formula is C16H19FN4O. The molecule has 0 atom stereocenters. The van der Waals surface area contributed by atoms with Crippen LogP contribution in [0.25, 0.3) is 0 Å². The molecule has 2 aromatic rings. The molecule has 1 aromatic carbocycles. The van der Waals surface area contributed by atoms with Gasteiger partial charge in [0.2, 0.25) is 0 Å². The zero-order chi connectivity index (χ0) is 15.9. The zero-order valence-corrected chi connectivity index (χ0v) is 12.6. The van der Waals surface area contributed by atoms with Crippen LogP contribution in [0, 0.1) is 11.7 Å². The van der Waals surface area contributed by atoms with E-state index in [0.717, 1.165) is 6.42 Å². The Balaban J connectivity index is 2.01. The molecule has 0 unspecified atom stereocenters. The van der Waals surface area contributed by atoms with Crippen LogP contribution in [0.4, 0.5) is 15.9 Å². The van der Waals surface area contributed by atoms with Crippen molar-refractivity contribution in [2.24, 2.45) is 5.92 Å². The minimum Gasteiger partial charge on any atom is -0.351 e. The molecule has 0 bridgehead atoms. The fourth-order valence-corrected chi connectivity index (χ4v) is 1.83. The smallest absolute Gasteiger partial charge is 0.270 e. The van der Waals surface area contributed by atoms with Crippen molar-refractivity contribution in [2.45, 2.75) is 20.3 Å². The third-order valence-electron chi connectivity index (χ3n) is 3.00. The molecule has 1 heterocycles. The summed E-state index contributed by atoms with van der Waals surface area (Å²) >= 11 is 0. The van der Waals surface area contributed by atoms with Crippen LogP contribution < -0.4 is 10.6 Å². The van der Waals surface area contributed by atoms with E-state index in [1.54, 1.807) is 12.1 Å². The van der Waals surface area contributed by atoms with Crippen LogP contribution in [0.2, 0.25) is 0 Å². The van der Waals surface area contributed by atoms with Crippen molar-refractivity contribution in [3.63, 3.8) is 0 Å². The highest BCUT2D eigenvalue weighted by atomic mass is 19.1. The van der Waals surface area contributed by atoms with Crippen molar-refractivity contribution in [3.05, 3.63) is 48.2 Å². The van der Waals surface area contributed by atoms with Crippen molar-refractivity contribution in [3.8, 4) is 0 Å². The Labute approximate surface area is 129 Å². The highest BCUT2D eigenvalue weighted by Gasteiger charge is 2.09. The Bertz CT molecular complexity index is 646. The summed E-state index contributed by atoms with van der Waals surface area (Å²) in [5.74, 6) is 0.376. The van der Waals surface area contributed by atoms with Crippen molar-refractivity contribution in [1.29, 1.82) is 0 Å². The number of hydrogen-bond donors (Lipinski definition) is 2. The minimum absolute atomic E-state index is 0.245. The minimum atomic E-state index is -0.342. The lowest BCUT2D eigenvalue weighted by atomic mass is 10.1. The number of carbonyl (C=O) groups is 1. The highest BCUT2D eigenvalue weighted by Crippen LogP contribution is 2.15. The summed E-state index contributed by atoms with van der Waals surface area (Å²) in [6.07, 6.45) is 2.21. The molecule has 2 N–H and O–H groups in total. The first-order valence-corrected chi connectivity index (χ1v) is 7.17. The Kier molecular flexibility index (Phi) is 5.41. The van der Waals surface area contributed by atoms with Crippen LogP contribution in [-0.4, -0.2) is 22.4 Å². The second-order valence-electron chi connectivity index (χ2n) is 5.36. The van der Waals surface area contributed by atoms with Crippen molar-refractivity contribution < 1.29 is 9.18 Å². The van der Waals surface area contributed by atoms with Gasteiger partial charge in [0.25, 0.3) is 5.91 Å². The molecule has 0 radical (unpaired) electrons. The highest BCUT2D eigenvalue weighted by molar-refractivity contribution is 5.92. The predicted octanol–water partition coefficient (Wildman–Crippen LogP) is 3.14. The van der Waals surface area contributed by atoms with Crippen LogP contribution in [-0.2, 0) is 0 Å². The van der Waals surface area contributed by atoms with Gasteiger partial charge in [-0.05, 0) is 30.5 Å². The number of halogens is 1. The standard InChI is InChI=1S/C16H19FN4O/c1-11(2)6-7-18-16(22)14-9-15(20-10-19-14)21-13-5-3-4-12(17)8-13/h3-5,8-11H,6-7H2,1-2H3,(H,18,22)(H,19,20,21). The first-order valence-electron chi connectivity index (χ1n) is 7.17. The SMILES string of the molecule is CC(C)CCNC(=O)c1cc(Nc2cccc(F)c2)ncn1. The van der Waals surface area contributed by atoms with Gasteiger partial charge in [0.05, 0.1) is 0 Å². The van der Waals surface area contributed by atoms with E-state index in [1.165, 1.54) is 24.5 Å². The summed E-state index contributed by atoms with van der Waals surface area (Å²) in [6.45, 7) is 4.79. The van der Waals surface area contributed by atoms with Gasteiger partial charge in [-0.1, -0.05) is 19.9 Å². The van der Waals surface area contributed by atoms with Crippen LogP contribution in [0.1, 0.15) is 30.8 Å². The number of benzene rings is 1. The summed E-state index contributed by atoms with van der Waals surface area (Å²) in [5.41, 5.74) is 0.836. The topological polar surface area (TPSA) is 66.9 Å². The molecule has 0 aliphatic carbocycles. The molecule has 0 aliphatic heterocycles. The molecule has 0 aliphatic rings. The Hall–Kier alpha value is -2.50. The van der Waals surface area contributed by atoms with Crippen LogP contribution >= 0.6 is 0 Å². The van der Waals surface area contributed by atoms with E-state index < -0.39 is 0 Å². The summed E-state index contributed by atoms with van der Waals surface area (Å²) in [7, 11) is 0. The molecular weight excluding hydrogens is 283 g/mol. The van der Waals surface area contributed by atoms with Gasteiger partial charge >= 0.3 is 0 Å². The zero-order valence-electron chi connectivity index (χ0n) is 12.6. The molecule has 0 saturated heterocycles.